The molecule has 31 heavy (non-hydrogen) atoms. The number of nitrogens with one attached hydrogen (secondary N) is 1. The van der Waals surface area contributed by atoms with E-state index < -0.39 is 40.4 Å². The molecule has 0 aliphatic heterocycles. The van der Waals surface area contributed by atoms with Crippen LogP contribution in [0.3, 0.4) is 0 Å². The van der Waals surface area contributed by atoms with Crippen molar-refractivity contribution in [1.82, 2.24) is 14.7 Å². The molecule has 0 fully saturated rings. The summed E-state index contributed by atoms with van der Waals surface area (Å²) in [5.74, 6) is -2.20. The standard InChI is InChI=1S/C18H20ClF3N4O4S/c1-6-7-30-17(29)9-8(2)12(16(28)25(3)4)31-15(9)23-14(27)11-10(19)13(18(20,21)22)24-26(11)5/h6-7H2,1-5H3,(H,23,27). The SMILES string of the molecule is CCCOC(=O)c1c(NC(=O)c2c(Cl)c(C(F)(F)F)nn2C)sc(C(=O)N(C)C)c1C. The highest BCUT2D eigenvalue weighted by Gasteiger charge is 2.40. The monoisotopic (exact) mass is 480 g/mol. The van der Waals surface area contributed by atoms with Crippen molar-refractivity contribution in [3.63, 3.8) is 0 Å². The maximum Gasteiger partial charge on any atom is 0.436 e. The molecular weight excluding hydrogens is 461 g/mol. The zero-order valence-corrected chi connectivity index (χ0v) is 18.9. The third-order valence-electron chi connectivity index (χ3n) is 4.09. The Bertz CT molecular complexity index is 1030. The van der Waals surface area contributed by atoms with Crippen LogP contribution in [0.4, 0.5) is 18.2 Å². The third-order valence-corrected chi connectivity index (χ3v) is 5.64. The van der Waals surface area contributed by atoms with Gasteiger partial charge in [0.15, 0.2) is 5.69 Å². The molecule has 0 unspecified atom stereocenters. The lowest BCUT2D eigenvalue weighted by Gasteiger charge is -2.09. The summed E-state index contributed by atoms with van der Waals surface area (Å²) in [5.41, 5.74) is -1.72. The summed E-state index contributed by atoms with van der Waals surface area (Å²) in [6, 6.07) is 0. The van der Waals surface area contributed by atoms with E-state index in [1.54, 1.807) is 6.92 Å². The summed E-state index contributed by atoms with van der Waals surface area (Å²) in [5, 5.41) is 4.73. The number of rotatable bonds is 6. The molecule has 0 radical (unpaired) electrons. The Morgan fingerprint density at radius 1 is 1.29 bits per heavy atom. The Hall–Kier alpha value is -2.60. The van der Waals surface area contributed by atoms with Crippen LogP contribution < -0.4 is 5.32 Å². The molecule has 0 saturated carbocycles. The zero-order chi connectivity index (χ0) is 23.7. The van der Waals surface area contributed by atoms with Crippen molar-refractivity contribution in [2.45, 2.75) is 26.4 Å². The van der Waals surface area contributed by atoms with E-state index in [0.717, 1.165) is 18.4 Å². The van der Waals surface area contributed by atoms with Gasteiger partial charge in [-0.25, -0.2) is 4.79 Å². The van der Waals surface area contributed by atoms with Gasteiger partial charge in [0, 0.05) is 21.1 Å². The molecule has 0 saturated heterocycles. The lowest BCUT2D eigenvalue weighted by Crippen LogP contribution is -2.21. The van der Waals surface area contributed by atoms with E-state index in [-0.39, 0.29) is 27.6 Å². The van der Waals surface area contributed by atoms with Gasteiger partial charge < -0.3 is 15.0 Å². The first kappa shape index (κ1) is 24.7. The van der Waals surface area contributed by atoms with Gasteiger partial charge in [0.25, 0.3) is 11.8 Å². The van der Waals surface area contributed by atoms with Crippen molar-refractivity contribution in [3.8, 4) is 0 Å². The number of aromatic nitrogens is 2. The summed E-state index contributed by atoms with van der Waals surface area (Å²) in [6.07, 6.45) is -4.31. The minimum absolute atomic E-state index is 0.0420. The van der Waals surface area contributed by atoms with E-state index in [9.17, 15) is 27.6 Å². The highest BCUT2D eigenvalue weighted by Crippen LogP contribution is 2.37. The number of aryl methyl sites for hydroxylation is 1. The minimum Gasteiger partial charge on any atom is -0.462 e. The molecule has 2 heterocycles. The molecule has 1 N–H and O–H groups in total. The van der Waals surface area contributed by atoms with Crippen molar-refractivity contribution in [2.75, 3.05) is 26.0 Å². The second-order valence-corrected chi connectivity index (χ2v) is 8.08. The molecular formula is C18H20ClF3N4O4S. The van der Waals surface area contributed by atoms with Gasteiger partial charge in [0.1, 0.15) is 15.7 Å². The number of nitrogens with zero attached hydrogens (tertiary/aromatic N) is 3. The number of carbonyl (C=O) groups is 3. The van der Waals surface area contributed by atoms with Crippen molar-refractivity contribution in [2.24, 2.45) is 7.05 Å². The maximum absolute atomic E-state index is 13.0. The number of thiophene rings is 1. The lowest BCUT2D eigenvalue weighted by molar-refractivity contribution is -0.141. The Morgan fingerprint density at radius 3 is 2.39 bits per heavy atom. The van der Waals surface area contributed by atoms with Crippen LogP contribution in [0.2, 0.25) is 5.02 Å². The van der Waals surface area contributed by atoms with Gasteiger partial charge in [0.2, 0.25) is 0 Å². The van der Waals surface area contributed by atoms with Gasteiger partial charge in [-0.05, 0) is 18.9 Å². The molecule has 0 aromatic carbocycles. The summed E-state index contributed by atoms with van der Waals surface area (Å²) in [6.45, 7) is 3.42. The second-order valence-electron chi connectivity index (χ2n) is 6.68. The maximum atomic E-state index is 13.0. The van der Waals surface area contributed by atoms with Gasteiger partial charge in [-0.15, -0.1) is 11.3 Å². The molecule has 0 aliphatic carbocycles. The van der Waals surface area contributed by atoms with Crippen LogP contribution in [0.15, 0.2) is 0 Å². The molecule has 2 aromatic rings. The Morgan fingerprint density at radius 2 is 1.90 bits per heavy atom. The summed E-state index contributed by atoms with van der Waals surface area (Å²) < 4.78 is 45.0. The fourth-order valence-electron chi connectivity index (χ4n) is 2.61. The number of alkyl halides is 3. The van der Waals surface area contributed by atoms with E-state index in [1.807, 2.05) is 0 Å². The molecule has 0 spiro atoms. The first-order chi connectivity index (χ1) is 14.3. The largest absolute Gasteiger partial charge is 0.462 e. The predicted molar refractivity (Wildman–Crippen MR) is 109 cm³/mol. The molecule has 0 atom stereocenters. The second kappa shape index (κ2) is 9.27. The number of esters is 1. The summed E-state index contributed by atoms with van der Waals surface area (Å²) in [4.78, 5) is 39.2. The molecule has 2 aromatic heterocycles. The minimum atomic E-state index is -4.85. The first-order valence-electron chi connectivity index (χ1n) is 8.94. The number of hydrogen-bond donors (Lipinski definition) is 1. The average molecular weight is 481 g/mol. The van der Waals surface area contributed by atoms with Gasteiger partial charge in [-0.2, -0.15) is 18.3 Å². The lowest BCUT2D eigenvalue weighted by atomic mass is 10.1. The first-order valence-corrected chi connectivity index (χ1v) is 10.1. The van der Waals surface area contributed by atoms with E-state index in [0.29, 0.717) is 11.1 Å². The van der Waals surface area contributed by atoms with Gasteiger partial charge >= 0.3 is 12.1 Å². The quantitative estimate of drug-likeness (QED) is 0.631. The summed E-state index contributed by atoms with van der Waals surface area (Å²) in [7, 11) is 4.17. The fraction of sp³-hybridized carbons (Fsp3) is 0.444. The van der Waals surface area contributed by atoms with Crippen LogP contribution in [0.5, 0.6) is 0 Å². The normalized spacial score (nSPS) is 11.4. The van der Waals surface area contributed by atoms with Crippen molar-refractivity contribution in [3.05, 3.63) is 32.4 Å². The number of amides is 2. The number of halogens is 4. The molecule has 8 nitrogen and oxygen atoms in total. The zero-order valence-electron chi connectivity index (χ0n) is 17.3. The van der Waals surface area contributed by atoms with E-state index in [1.165, 1.54) is 25.9 Å². The van der Waals surface area contributed by atoms with E-state index in [4.69, 9.17) is 16.3 Å². The molecule has 0 bridgehead atoms. The molecule has 2 rings (SSSR count). The molecule has 13 heteroatoms. The molecule has 0 aliphatic rings. The van der Waals surface area contributed by atoms with Gasteiger partial charge in [-0.1, -0.05) is 18.5 Å². The van der Waals surface area contributed by atoms with Crippen LogP contribution >= 0.6 is 22.9 Å². The Balaban J connectivity index is 2.52. The smallest absolute Gasteiger partial charge is 0.436 e. The van der Waals surface area contributed by atoms with Crippen LogP contribution in [-0.4, -0.2) is 53.2 Å². The van der Waals surface area contributed by atoms with Crippen LogP contribution in [0.25, 0.3) is 0 Å². The highest BCUT2D eigenvalue weighted by molar-refractivity contribution is 7.18. The van der Waals surface area contributed by atoms with Crippen molar-refractivity contribution in [1.29, 1.82) is 0 Å². The van der Waals surface area contributed by atoms with Crippen LogP contribution in [0, 0.1) is 6.92 Å². The number of anilines is 1. The Labute approximate surface area is 184 Å². The number of carbonyl (C=O) groups excluding carboxylic acids is 3. The van der Waals surface area contributed by atoms with Crippen molar-refractivity contribution < 1.29 is 32.3 Å². The predicted octanol–water partition coefficient (Wildman–Crippen LogP) is 3.98. The van der Waals surface area contributed by atoms with Crippen LogP contribution in [0.1, 0.15) is 55.1 Å². The molecule has 170 valence electrons. The topological polar surface area (TPSA) is 93.5 Å². The fourth-order valence-corrected chi connectivity index (χ4v) is 4.17. The number of hydrogen-bond acceptors (Lipinski definition) is 6. The van der Waals surface area contributed by atoms with E-state index >= 15 is 0 Å². The van der Waals surface area contributed by atoms with Gasteiger partial charge in [0.05, 0.1) is 17.0 Å². The molecule has 2 amide bonds. The average Bonchev–Trinajstić information content (AvgIpc) is 3.14. The van der Waals surface area contributed by atoms with Crippen molar-refractivity contribution >= 4 is 45.7 Å². The van der Waals surface area contributed by atoms with Gasteiger partial charge in [-0.3, -0.25) is 14.3 Å². The highest BCUT2D eigenvalue weighted by atomic mass is 35.5. The summed E-state index contributed by atoms with van der Waals surface area (Å²) >= 11 is 6.57. The Kier molecular flexibility index (Phi) is 7.37. The van der Waals surface area contributed by atoms with E-state index in [2.05, 4.69) is 10.4 Å². The third kappa shape index (κ3) is 5.01. The van der Waals surface area contributed by atoms with Crippen LogP contribution in [-0.2, 0) is 18.0 Å². The number of ether oxygens (including phenoxy) is 1.